The van der Waals surface area contributed by atoms with Crippen LogP contribution in [0.25, 0.3) is 0 Å². The Morgan fingerprint density at radius 1 is 1.21 bits per heavy atom. The van der Waals surface area contributed by atoms with Crippen LogP contribution in [0.15, 0.2) is 47.5 Å². The molecule has 0 radical (unpaired) electrons. The van der Waals surface area contributed by atoms with E-state index in [0.717, 1.165) is 24.3 Å². The maximum Gasteiger partial charge on any atom is 0.193 e. The zero-order chi connectivity index (χ0) is 19.1. The van der Waals surface area contributed by atoms with Gasteiger partial charge in [-0.25, -0.2) is 4.99 Å². The summed E-state index contributed by atoms with van der Waals surface area (Å²) in [6.45, 7) is 3.75. The van der Waals surface area contributed by atoms with Crippen molar-refractivity contribution in [3.63, 3.8) is 0 Å². The Bertz CT molecular complexity index is 804. The van der Waals surface area contributed by atoms with Gasteiger partial charge in [0, 0.05) is 18.2 Å². The molecule has 0 fully saturated rings. The second kappa shape index (κ2) is 11.2. The lowest BCUT2D eigenvalue weighted by Gasteiger charge is -2.17. The van der Waals surface area contributed by atoms with E-state index in [0.29, 0.717) is 42.2 Å². The quantitative estimate of drug-likeness (QED) is 0.330. The van der Waals surface area contributed by atoms with Crippen molar-refractivity contribution >= 4 is 47.2 Å². The number of nitrogens with zero attached hydrogens (tertiary/aromatic N) is 1. The number of anilines is 1. The van der Waals surface area contributed by atoms with Crippen LogP contribution < -0.4 is 25.3 Å². The molecule has 28 heavy (non-hydrogen) atoms. The Balaban J connectivity index is 0.00000280. The predicted octanol–water partition coefficient (Wildman–Crippen LogP) is 4.70. The first kappa shape index (κ1) is 22.4. The van der Waals surface area contributed by atoms with E-state index in [-0.39, 0.29) is 30.1 Å². The minimum Gasteiger partial charge on any atom is -0.490 e. The molecule has 0 saturated heterocycles. The van der Waals surface area contributed by atoms with E-state index in [1.54, 1.807) is 6.07 Å². The van der Waals surface area contributed by atoms with Crippen LogP contribution in [0.2, 0.25) is 5.02 Å². The highest BCUT2D eigenvalue weighted by Gasteiger charge is 2.12. The molecular formula is C20H25ClIN3O3. The van der Waals surface area contributed by atoms with Gasteiger partial charge in [-0.05, 0) is 30.7 Å². The number of para-hydroxylation sites is 1. The number of ether oxygens (including phenoxy) is 3. The summed E-state index contributed by atoms with van der Waals surface area (Å²) >= 11 is 6.15. The summed E-state index contributed by atoms with van der Waals surface area (Å²) in [4.78, 5) is 4.39. The lowest BCUT2D eigenvalue weighted by Crippen LogP contribution is -2.26. The molecule has 0 saturated carbocycles. The summed E-state index contributed by atoms with van der Waals surface area (Å²) < 4.78 is 17.2. The molecule has 3 rings (SSSR count). The van der Waals surface area contributed by atoms with Gasteiger partial charge in [0.2, 0.25) is 0 Å². The molecule has 6 nitrogen and oxygen atoms in total. The number of nitrogens with two attached hydrogens (primary N) is 1. The molecule has 152 valence electrons. The normalized spacial score (nSPS) is 14.4. The number of guanidine groups is 1. The van der Waals surface area contributed by atoms with Crippen molar-refractivity contribution in [3.05, 3.63) is 47.5 Å². The van der Waals surface area contributed by atoms with Crippen molar-refractivity contribution in [2.45, 2.75) is 25.9 Å². The van der Waals surface area contributed by atoms with Gasteiger partial charge in [0.05, 0.1) is 24.8 Å². The summed E-state index contributed by atoms with van der Waals surface area (Å²) in [5.74, 6) is 2.41. The smallest absolute Gasteiger partial charge is 0.193 e. The third kappa shape index (κ3) is 6.34. The topological polar surface area (TPSA) is 78.1 Å². The summed E-state index contributed by atoms with van der Waals surface area (Å²) in [7, 11) is 0. The maximum atomic E-state index is 6.15. The molecule has 8 heteroatoms. The molecule has 0 aliphatic carbocycles. The van der Waals surface area contributed by atoms with E-state index in [1.807, 2.05) is 43.3 Å². The number of fused-ring (bicyclic) bond motifs is 1. The van der Waals surface area contributed by atoms with Gasteiger partial charge in [-0.2, -0.15) is 0 Å². The monoisotopic (exact) mass is 517 g/mol. The minimum atomic E-state index is -0.117. The van der Waals surface area contributed by atoms with Gasteiger partial charge >= 0.3 is 0 Å². The van der Waals surface area contributed by atoms with E-state index in [2.05, 4.69) is 10.3 Å². The fourth-order valence-corrected chi connectivity index (χ4v) is 2.78. The summed E-state index contributed by atoms with van der Waals surface area (Å²) in [5.41, 5.74) is 6.82. The molecule has 1 unspecified atom stereocenters. The number of hydrogen-bond donors (Lipinski definition) is 2. The molecule has 1 aliphatic rings. The summed E-state index contributed by atoms with van der Waals surface area (Å²) in [5, 5.41) is 3.66. The van der Waals surface area contributed by atoms with Crippen molar-refractivity contribution in [1.29, 1.82) is 0 Å². The lowest BCUT2D eigenvalue weighted by atomic mass is 10.2. The van der Waals surface area contributed by atoms with Crippen LogP contribution in [0.3, 0.4) is 0 Å². The second-order valence-corrected chi connectivity index (χ2v) is 6.55. The Kier molecular flexibility index (Phi) is 8.98. The Labute approximate surface area is 187 Å². The second-order valence-electron chi connectivity index (χ2n) is 6.14. The predicted molar refractivity (Wildman–Crippen MR) is 124 cm³/mol. The molecule has 0 aromatic heterocycles. The van der Waals surface area contributed by atoms with Crippen LogP contribution >= 0.6 is 35.6 Å². The molecule has 1 aliphatic heterocycles. The number of rotatable bonds is 6. The zero-order valence-corrected chi connectivity index (χ0v) is 18.8. The number of aliphatic imine (C=N–C) groups is 1. The van der Waals surface area contributed by atoms with E-state index in [4.69, 9.17) is 31.5 Å². The van der Waals surface area contributed by atoms with Gasteiger partial charge in [0.1, 0.15) is 11.9 Å². The van der Waals surface area contributed by atoms with E-state index in [9.17, 15) is 0 Å². The van der Waals surface area contributed by atoms with Crippen LogP contribution in [0.1, 0.15) is 19.8 Å². The molecule has 0 amide bonds. The van der Waals surface area contributed by atoms with Crippen molar-refractivity contribution in [2.75, 3.05) is 25.1 Å². The van der Waals surface area contributed by atoms with E-state index < -0.39 is 0 Å². The minimum absolute atomic E-state index is 0. The number of halogens is 2. The van der Waals surface area contributed by atoms with Crippen LogP contribution in [-0.4, -0.2) is 31.8 Å². The fraction of sp³-hybridized carbons (Fsp3) is 0.350. The first-order valence-corrected chi connectivity index (χ1v) is 9.41. The van der Waals surface area contributed by atoms with E-state index >= 15 is 0 Å². The Morgan fingerprint density at radius 2 is 1.96 bits per heavy atom. The third-order valence-electron chi connectivity index (χ3n) is 4.07. The third-order valence-corrected chi connectivity index (χ3v) is 4.38. The zero-order valence-electron chi connectivity index (χ0n) is 15.7. The average molecular weight is 518 g/mol. The first-order valence-electron chi connectivity index (χ1n) is 9.03. The number of hydrogen-bond acceptors (Lipinski definition) is 4. The molecule has 1 atom stereocenters. The van der Waals surface area contributed by atoms with Crippen LogP contribution in [0.4, 0.5) is 5.69 Å². The van der Waals surface area contributed by atoms with Gasteiger partial charge in [-0.1, -0.05) is 30.7 Å². The van der Waals surface area contributed by atoms with Crippen molar-refractivity contribution in [3.8, 4) is 17.2 Å². The lowest BCUT2D eigenvalue weighted by molar-refractivity contribution is 0.206. The molecule has 3 N–H and O–H groups in total. The van der Waals surface area contributed by atoms with Gasteiger partial charge in [-0.3, -0.25) is 0 Å². The molecule has 2 aromatic carbocycles. The molecule has 2 aromatic rings. The van der Waals surface area contributed by atoms with Crippen molar-refractivity contribution in [1.82, 2.24) is 0 Å². The summed E-state index contributed by atoms with van der Waals surface area (Å²) in [6, 6.07) is 13.0. The van der Waals surface area contributed by atoms with Crippen molar-refractivity contribution in [2.24, 2.45) is 10.7 Å². The van der Waals surface area contributed by atoms with E-state index in [1.165, 1.54) is 0 Å². The number of nitrogens with one attached hydrogen (secondary N) is 1. The standard InChI is InChI=1S/C20H24ClN3O3.HI/c1-2-15(27-17-7-4-3-6-16(17)21)13-23-20(22)24-14-8-9-18-19(12-14)26-11-5-10-25-18;/h3-4,6-9,12,15H,2,5,10-11,13H2,1H3,(H3,22,23,24);1H. The van der Waals surface area contributed by atoms with Gasteiger partial charge in [0.25, 0.3) is 0 Å². The van der Waals surface area contributed by atoms with Crippen LogP contribution in [-0.2, 0) is 0 Å². The van der Waals surface area contributed by atoms with Crippen LogP contribution in [0, 0.1) is 0 Å². The highest BCUT2D eigenvalue weighted by atomic mass is 127. The summed E-state index contributed by atoms with van der Waals surface area (Å²) in [6.07, 6.45) is 1.53. The Hall–Kier alpha value is -1.87. The molecule has 1 heterocycles. The molecule has 0 spiro atoms. The van der Waals surface area contributed by atoms with Gasteiger partial charge in [0.15, 0.2) is 17.5 Å². The highest BCUT2D eigenvalue weighted by molar-refractivity contribution is 14.0. The van der Waals surface area contributed by atoms with Crippen LogP contribution in [0.5, 0.6) is 17.2 Å². The largest absolute Gasteiger partial charge is 0.490 e. The SMILES string of the molecule is CCC(CN=C(N)Nc1ccc2c(c1)OCCCO2)Oc1ccccc1Cl.I. The first-order chi connectivity index (χ1) is 13.2. The van der Waals surface area contributed by atoms with Crippen molar-refractivity contribution < 1.29 is 14.2 Å². The van der Waals surface area contributed by atoms with Gasteiger partial charge in [-0.15, -0.1) is 24.0 Å². The van der Waals surface area contributed by atoms with Gasteiger partial charge < -0.3 is 25.3 Å². The molecule has 0 bridgehead atoms. The molecular weight excluding hydrogens is 493 g/mol. The maximum absolute atomic E-state index is 6.15. The number of benzene rings is 2. The highest BCUT2D eigenvalue weighted by Crippen LogP contribution is 2.32. The average Bonchev–Trinajstić information content (AvgIpc) is 2.91. The Morgan fingerprint density at radius 3 is 2.71 bits per heavy atom. The fourth-order valence-electron chi connectivity index (χ4n) is 2.60.